The molecule has 2 fully saturated rings. The molecule has 29 heavy (non-hydrogen) atoms. The Morgan fingerprint density at radius 1 is 1.28 bits per heavy atom. The number of rotatable bonds is 4. The topological polar surface area (TPSA) is 95.8 Å². The Kier molecular flexibility index (Phi) is 5.08. The van der Waals surface area contributed by atoms with Crippen molar-refractivity contribution in [1.29, 1.82) is 0 Å². The van der Waals surface area contributed by atoms with Crippen molar-refractivity contribution in [2.75, 3.05) is 13.1 Å². The molecule has 3 atom stereocenters. The van der Waals surface area contributed by atoms with E-state index in [1.165, 1.54) is 6.92 Å². The molecule has 2 saturated heterocycles. The van der Waals surface area contributed by atoms with Gasteiger partial charge in [-0.05, 0) is 18.9 Å². The maximum Gasteiger partial charge on any atom is 0.243 e. The highest BCUT2D eigenvalue weighted by Gasteiger charge is 2.50. The lowest BCUT2D eigenvalue weighted by molar-refractivity contribution is -0.148. The summed E-state index contributed by atoms with van der Waals surface area (Å²) >= 11 is 0. The molecule has 0 spiro atoms. The first kappa shape index (κ1) is 19.2. The maximum atomic E-state index is 13.1. The summed E-state index contributed by atoms with van der Waals surface area (Å²) in [5.41, 5.74) is 1.68. The SMILES string of the molecule is CC(=O)N1CC(=O)N2[C@@H](C[C@H](C(=O)NCc3cc(C)no3)[C@@H]2c2ccccc2)C1. The van der Waals surface area contributed by atoms with E-state index in [2.05, 4.69) is 10.5 Å². The summed E-state index contributed by atoms with van der Waals surface area (Å²) in [7, 11) is 0. The van der Waals surface area contributed by atoms with Crippen molar-refractivity contribution in [1.82, 2.24) is 20.3 Å². The zero-order valence-corrected chi connectivity index (χ0v) is 16.5. The molecule has 152 valence electrons. The van der Waals surface area contributed by atoms with Crippen molar-refractivity contribution in [2.24, 2.45) is 5.92 Å². The van der Waals surface area contributed by atoms with Crippen LogP contribution in [0.5, 0.6) is 0 Å². The van der Waals surface area contributed by atoms with Gasteiger partial charge in [0.2, 0.25) is 17.7 Å². The van der Waals surface area contributed by atoms with Crippen molar-refractivity contribution in [3.8, 4) is 0 Å². The molecule has 2 aromatic rings. The lowest BCUT2D eigenvalue weighted by atomic mass is 9.92. The van der Waals surface area contributed by atoms with Gasteiger partial charge in [-0.3, -0.25) is 14.4 Å². The number of benzene rings is 1. The van der Waals surface area contributed by atoms with E-state index in [9.17, 15) is 14.4 Å². The van der Waals surface area contributed by atoms with Gasteiger partial charge in [-0.2, -0.15) is 0 Å². The molecule has 2 aliphatic rings. The average Bonchev–Trinajstić information content (AvgIpc) is 3.30. The molecule has 1 aromatic carbocycles. The number of hydrogen-bond donors (Lipinski definition) is 1. The van der Waals surface area contributed by atoms with Crippen LogP contribution < -0.4 is 5.32 Å². The Morgan fingerprint density at radius 3 is 2.69 bits per heavy atom. The Balaban J connectivity index is 1.58. The highest BCUT2D eigenvalue weighted by molar-refractivity contribution is 5.88. The predicted molar refractivity (Wildman–Crippen MR) is 103 cm³/mol. The fraction of sp³-hybridized carbons (Fsp3) is 0.429. The van der Waals surface area contributed by atoms with E-state index in [-0.39, 0.29) is 42.9 Å². The van der Waals surface area contributed by atoms with E-state index in [1.807, 2.05) is 37.3 Å². The number of aryl methyl sites for hydroxylation is 1. The van der Waals surface area contributed by atoms with Gasteiger partial charge >= 0.3 is 0 Å². The minimum atomic E-state index is -0.401. The Labute approximate surface area is 168 Å². The first-order chi connectivity index (χ1) is 13.9. The standard InChI is InChI=1S/C21H24N4O4/c1-13-8-17(29-23-13)10-22-21(28)18-9-16-11-24(14(2)26)12-19(27)25(16)20(18)15-6-4-3-5-7-15/h3-8,16,18,20H,9-12H2,1-2H3,(H,22,28)/t16-,18-,20-/m0/s1. The van der Waals surface area contributed by atoms with Crippen LogP contribution in [-0.2, 0) is 20.9 Å². The van der Waals surface area contributed by atoms with Crippen LogP contribution in [0, 0.1) is 12.8 Å². The van der Waals surface area contributed by atoms with Crippen LogP contribution in [0.15, 0.2) is 40.9 Å². The Bertz CT molecular complexity index is 926. The quantitative estimate of drug-likeness (QED) is 0.843. The molecule has 1 aromatic heterocycles. The third-order valence-corrected chi connectivity index (χ3v) is 5.68. The fourth-order valence-corrected chi connectivity index (χ4v) is 4.38. The third kappa shape index (κ3) is 3.74. The summed E-state index contributed by atoms with van der Waals surface area (Å²) < 4.78 is 5.17. The van der Waals surface area contributed by atoms with Crippen LogP contribution in [0.3, 0.4) is 0 Å². The number of fused-ring (bicyclic) bond motifs is 1. The first-order valence-electron chi connectivity index (χ1n) is 9.75. The Morgan fingerprint density at radius 2 is 2.03 bits per heavy atom. The van der Waals surface area contributed by atoms with Gasteiger partial charge in [0.25, 0.3) is 0 Å². The molecular weight excluding hydrogens is 372 g/mol. The average molecular weight is 396 g/mol. The third-order valence-electron chi connectivity index (χ3n) is 5.68. The second kappa shape index (κ2) is 7.69. The summed E-state index contributed by atoms with van der Waals surface area (Å²) in [5.74, 6) is -0.192. The fourth-order valence-electron chi connectivity index (χ4n) is 4.38. The molecule has 1 N–H and O–H groups in total. The number of nitrogens with zero attached hydrogens (tertiary/aromatic N) is 3. The summed E-state index contributed by atoms with van der Waals surface area (Å²) in [6.45, 7) is 4.05. The van der Waals surface area contributed by atoms with E-state index >= 15 is 0 Å². The number of amides is 3. The second-order valence-electron chi connectivity index (χ2n) is 7.70. The van der Waals surface area contributed by atoms with Crippen molar-refractivity contribution >= 4 is 17.7 Å². The van der Waals surface area contributed by atoms with Gasteiger partial charge < -0.3 is 19.6 Å². The highest BCUT2D eigenvalue weighted by atomic mass is 16.5. The Hall–Kier alpha value is -3.16. The smallest absolute Gasteiger partial charge is 0.243 e. The van der Waals surface area contributed by atoms with Crippen LogP contribution in [0.4, 0.5) is 0 Å². The van der Waals surface area contributed by atoms with Crippen molar-refractivity contribution in [2.45, 2.75) is 38.9 Å². The van der Waals surface area contributed by atoms with E-state index in [4.69, 9.17) is 4.52 Å². The number of nitrogens with one attached hydrogen (secondary N) is 1. The minimum absolute atomic E-state index is 0.0564. The number of piperazine rings is 1. The van der Waals surface area contributed by atoms with Crippen molar-refractivity contribution in [3.63, 3.8) is 0 Å². The summed E-state index contributed by atoms with van der Waals surface area (Å²) in [4.78, 5) is 41.2. The predicted octanol–water partition coefficient (Wildman–Crippen LogP) is 1.42. The van der Waals surface area contributed by atoms with Crippen LogP contribution >= 0.6 is 0 Å². The molecule has 8 nitrogen and oxygen atoms in total. The van der Waals surface area contributed by atoms with E-state index in [0.29, 0.717) is 18.7 Å². The largest absolute Gasteiger partial charge is 0.359 e. The molecule has 0 aliphatic carbocycles. The second-order valence-corrected chi connectivity index (χ2v) is 7.70. The molecule has 0 saturated carbocycles. The molecule has 0 radical (unpaired) electrons. The molecule has 2 aliphatic heterocycles. The molecular formula is C21H24N4O4. The number of aromatic nitrogens is 1. The van der Waals surface area contributed by atoms with Crippen LogP contribution in [-0.4, -0.2) is 51.8 Å². The van der Waals surface area contributed by atoms with Gasteiger partial charge in [0.15, 0.2) is 5.76 Å². The molecule has 3 heterocycles. The summed E-state index contributed by atoms with van der Waals surface area (Å²) in [6.07, 6.45) is 0.510. The van der Waals surface area contributed by atoms with E-state index in [0.717, 1.165) is 11.3 Å². The zero-order chi connectivity index (χ0) is 20.5. The lowest BCUT2D eigenvalue weighted by Crippen LogP contribution is -2.55. The molecule has 0 bridgehead atoms. The van der Waals surface area contributed by atoms with E-state index in [1.54, 1.807) is 15.9 Å². The monoisotopic (exact) mass is 396 g/mol. The lowest BCUT2D eigenvalue weighted by Gasteiger charge is -2.39. The highest BCUT2D eigenvalue weighted by Crippen LogP contribution is 2.43. The van der Waals surface area contributed by atoms with Crippen LogP contribution in [0.25, 0.3) is 0 Å². The van der Waals surface area contributed by atoms with Gasteiger partial charge in [-0.25, -0.2) is 0 Å². The zero-order valence-electron chi connectivity index (χ0n) is 16.5. The van der Waals surface area contributed by atoms with E-state index < -0.39 is 5.92 Å². The van der Waals surface area contributed by atoms with Gasteiger partial charge in [0, 0.05) is 19.5 Å². The molecule has 8 heteroatoms. The number of carbonyl (C=O) groups excluding carboxylic acids is 3. The van der Waals surface area contributed by atoms with Gasteiger partial charge in [-0.15, -0.1) is 0 Å². The minimum Gasteiger partial charge on any atom is -0.359 e. The van der Waals surface area contributed by atoms with Gasteiger partial charge in [0.05, 0.1) is 36.8 Å². The maximum absolute atomic E-state index is 13.1. The van der Waals surface area contributed by atoms with Gasteiger partial charge in [-0.1, -0.05) is 35.5 Å². The van der Waals surface area contributed by atoms with Crippen LogP contribution in [0.2, 0.25) is 0 Å². The number of carbonyl (C=O) groups is 3. The molecule has 3 amide bonds. The summed E-state index contributed by atoms with van der Waals surface area (Å²) in [5, 5.41) is 6.75. The number of hydrogen-bond acceptors (Lipinski definition) is 5. The molecule has 4 rings (SSSR count). The first-order valence-corrected chi connectivity index (χ1v) is 9.75. The normalized spacial score (nSPS) is 23.8. The van der Waals surface area contributed by atoms with Crippen molar-refractivity contribution in [3.05, 3.63) is 53.4 Å². The van der Waals surface area contributed by atoms with Crippen molar-refractivity contribution < 1.29 is 18.9 Å². The van der Waals surface area contributed by atoms with Gasteiger partial charge in [0.1, 0.15) is 0 Å². The van der Waals surface area contributed by atoms with Crippen LogP contribution in [0.1, 0.15) is 36.4 Å². The summed E-state index contributed by atoms with van der Waals surface area (Å²) in [6, 6.07) is 10.9. The molecule has 0 unspecified atom stereocenters.